The van der Waals surface area contributed by atoms with Crippen LogP contribution >= 0.6 is 11.8 Å². The highest BCUT2D eigenvalue weighted by Gasteiger charge is 2.44. The smallest absolute Gasteiger partial charge is 0.243 e. The van der Waals surface area contributed by atoms with Gasteiger partial charge in [-0.05, 0) is 37.1 Å². The minimum Gasteiger partial charge on any atom is -0.325 e. The fourth-order valence-electron chi connectivity index (χ4n) is 2.69. The highest BCUT2D eigenvalue weighted by Crippen LogP contribution is 2.41. The fourth-order valence-corrected chi connectivity index (χ4v) is 3.66. The zero-order valence-electron chi connectivity index (χ0n) is 15.1. The van der Waals surface area contributed by atoms with Crippen LogP contribution in [0.25, 0.3) is 0 Å². The molecule has 134 valence electrons. The van der Waals surface area contributed by atoms with E-state index in [-0.39, 0.29) is 11.7 Å². The van der Waals surface area contributed by atoms with E-state index in [4.69, 9.17) is 0 Å². The number of thioether (sulfide) groups is 1. The number of aryl methyl sites for hydroxylation is 2. The number of carbonyl (C=O) groups is 2. The summed E-state index contributed by atoms with van der Waals surface area (Å²) in [5, 5.41) is 24.4. The predicted octanol–water partition coefficient (Wildman–Crippen LogP) is 3.01. The van der Waals surface area contributed by atoms with Crippen molar-refractivity contribution in [2.45, 2.75) is 27.7 Å². The van der Waals surface area contributed by atoms with Gasteiger partial charge in [-0.1, -0.05) is 31.7 Å². The third kappa shape index (κ3) is 3.89. The Kier molecular flexibility index (Phi) is 5.74. The number of rotatable bonds is 4. The van der Waals surface area contributed by atoms with Crippen LogP contribution in [-0.2, 0) is 9.59 Å². The molecule has 0 aromatic heterocycles. The topological polar surface area (TPSA) is 106 Å². The van der Waals surface area contributed by atoms with E-state index in [2.05, 4.69) is 16.7 Å². The summed E-state index contributed by atoms with van der Waals surface area (Å²) in [6.45, 7) is 7.34. The van der Waals surface area contributed by atoms with Crippen molar-refractivity contribution in [2.24, 2.45) is 11.3 Å². The van der Waals surface area contributed by atoms with Gasteiger partial charge in [-0.15, -0.1) is 0 Å². The zero-order chi connectivity index (χ0) is 19.5. The highest BCUT2D eigenvalue weighted by atomic mass is 32.2. The van der Waals surface area contributed by atoms with Crippen LogP contribution in [0.4, 0.5) is 5.69 Å². The Morgan fingerprint density at radius 1 is 1.31 bits per heavy atom. The minimum absolute atomic E-state index is 0.0427. The summed E-state index contributed by atoms with van der Waals surface area (Å²) >= 11 is 1.09. The fraction of sp³-hybridized carbons (Fsp3) is 0.368. The number of carbonyl (C=O) groups excluding carboxylic acids is 2. The Balaban J connectivity index is 2.12. The Morgan fingerprint density at radius 3 is 2.58 bits per heavy atom. The molecule has 0 spiro atoms. The lowest BCUT2D eigenvalue weighted by Gasteiger charge is -2.34. The number of nitriles is 2. The second kappa shape index (κ2) is 7.63. The summed E-state index contributed by atoms with van der Waals surface area (Å²) in [5.41, 5.74) is 2.33. The number of nitrogens with zero attached hydrogens (tertiary/aromatic N) is 2. The van der Waals surface area contributed by atoms with Gasteiger partial charge in [-0.3, -0.25) is 9.59 Å². The normalized spacial score (nSPS) is 18.5. The lowest BCUT2D eigenvalue weighted by Crippen LogP contribution is -2.44. The molecule has 0 saturated heterocycles. The van der Waals surface area contributed by atoms with Gasteiger partial charge in [0.1, 0.15) is 5.92 Å². The average Bonchev–Trinajstić information content (AvgIpc) is 2.56. The van der Waals surface area contributed by atoms with Crippen molar-refractivity contribution in [3.05, 3.63) is 39.9 Å². The van der Waals surface area contributed by atoms with E-state index in [1.54, 1.807) is 13.8 Å². The first-order valence-corrected chi connectivity index (χ1v) is 9.04. The maximum Gasteiger partial charge on any atom is 0.243 e. The first kappa shape index (κ1) is 19.6. The largest absolute Gasteiger partial charge is 0.325 e. The van der Waals surface area contributed by atoms with Crippen molar-refractivity contribution in [3.8, 4) is 12.1 Å². The molecule has 6 nitrogen and oxygen atoms in total. The number of hydrogen-bond donors (Lipinski definition) is 2. The zero-order valence-corrected chi connectivity index (χ0v) is 16.0. The van der Waals surface area contributed by atoms with Crippen molar-refractivity contribution in [1.29, 1.82) is 10.5 Å². The molecular weight excluding hydrogens is 348 g/mol. The van der Waals surface area contributed by atoms with Gasteiger partial charge >= 0.3 is 0 Å². The lowest BCUT2D eigenvalue weighted by molar-refractivity contribution is -0.125. The second-order valence-electron chi connectivity index (χ2n) is 6.72. The molecule has 7 heteroatoms. The maximum atomic E-state index is 12.2. The predicted molar refractivity (Wildman–Crippen MR) is 101 cm³/mol. The Morgan fingerprint density at radius 2 is 2.00 bits per heavy atom. The molecule has 2 amide bonds. The molecule has 1 aromatic rings. The first-order chi connectivity index (χ1) is 12.2. The van der Waals surface area contributed by atoms with Gasteiger partial charge in [0.05, 0.1) is 28.5 Å². The van der Waals surface area contributed by atoms with Crippen LogP contribution in [0.15, 0.2) is 28.8 Å². The van der Waals surface area contributed by atoms with Crippen LogP contribution in [0.2, 0.25) is 0 Å². The van der Waals surface area contributed by atoms with Gasteiger partial charge in [0.25, 0.3) is 0 Å². The van der Waals surface area contributed by atoms with E-state index in [0.29, 0.717) is 16.3 Å². The van der Waals surface area contributed by atoms with Gasteiger partial charge < -0.3 is 10.6 Å². The van der Waals surface area contributed by atoms with Crippen molar-refractivity contribution >= 4 is 29.3 Å². The average molecular weight is 368 g/mol. The molecule has 2 rings (SSSR count). The number of amides is 2. The summed E-state index contributed by atoms with van der Waals surface area (Å²) in [6, 6.07) is 9.68. The van der Waals surface area contributed by atoms with E-state index in [1.807, 2.05) is 38.1 Å². The van der Waals surface area contributed by atoms with E-state index >= 15 is 0 Å². The van der Waals surface area contributed by atoms with Crippen molar-refractivity contribution in [1.82, 2.24) is 5.32 Å². The first-order valence-electron chi connectivity index (χ1n) is 8.06. The molecule has 0 unspecified atom stereocenters. The van der Waals surface area contributed by atoms with E-state index in [0.717, 1.165) is 22.9 Å². The lowest BCUT2D eigenvalue weighted by atomic mass is 9.72. The van der Waals surface area contributed by atoms with Crippen LogP contribution < -0.4 is 10.6 Å². The molecule has 0 bridgehead atoms. The van der Waals surface area contributed by atoms with Gasteiger partial charge in [0.15, 0.2) is 0 Å². The van der Waals surface area contributed by atoms with Crippen LogP contribution in [-0.4, -0.2) is 17.6 Å². The Bertz CT molecular complexity index is 875. The summed E-state index contributed by atoms with van der Waals surface area (Å²) < 4.78 is 0. The minimum atomic E-state index is -0.939. The molecular formula is C19H20N4O2S. The molecule has 0 saturated carbocycles. The summed E-state index contributed by atoms with van der Waals surface area (Å²) in [7, 11) is 0. The third-order valence-electron chi connectivity index (χ3n) is 4.47. The molecule has 0 radical (unpaired) electrons. The molecule has 1 heterocycles. The quantitative estimate of drug-likeness (QED) is 0.850. The molecule has 0 aliphatic carbocycles. The summed E-state index contributed by atoms with van der Waals surface area (Å²) in [5.74, 6) is -1.59. The Hall–Kier alpha value is -2.77. The molecule has 1 atom stereocenters. The van der Waals surface area contributed by atoms with Crippen LogP contribution in [0.5, 0.6) is 0 Å². The molecule has 0 fully saturated rings. The molecule has 1 aromatic carbocycles. The van der Waals surface area contributed by atoms with Crippen molar-refractivity contribution in [2.75, 3.05) is 11.1 Å². The van der Waals surface area contributed by atoms with Crippen LogP contribution in [0.3, 0.4) is 0 Å². The molecule has 1 aliphatic rings. The van der Waals surface area contributed by atoms with E-state index in [9.17, 15) is 20.1 Å². The van der Waals surface area contributed by atoms with Gasteiger partial charge in [-0.25, -0.2) is 0 Å². The van der Waals surface area contributed by atoms with Gasteiger partial charge in [0, 0.05) is 11.1 Å². The SMILES string of the molecule is Cc1ccc(NC(=O)CSC2=C(C#N)C(C)(C)[C@H](C#N)C(=O)N2)cc1C. The number of anilines is 1. The maximum absolute atomic E-state index is 12.2. The summed E-state index contributed by atoms with van der Waals surface area (Å²) in [6.07, 6.45) is 0. The van der Waals surface area contributed by atoms with Crippen molar-refractivity contribution in [3.63, 3.8) is 0 Å². The van der Waals surface area contributed by atoms with Crippen LogP contribution in [0, 0.1) is 47.8 Å². The molecule has 26 heavy (non-hydrogen) atoms. The number of allylic oxidation sites excluding steroid dienone is 1. The van der Waals surface area contributed by atoms with Gasteiger partial charge in [0.2, 0.25) is 11.8 Å². The molecule has 1 aliphatic heterocycles. The third-order valence-corrected chi connectivity index (χ3v) is 5.47. The van der Waals surface area contributed by atoms with E-state index < -0.39 is 17.2 Å². The number of hydrogen-bond acceptors (Lipinski definition) is 5. The Labute approximate surface area is 157 Å². The monoisotopic (exact) mass is 368 g/mol. The van der Waals surface area contributed by atoms with Gasteiger partial charge in [-0.2, -0.15) is 10.5 Å². The standard InChI is InChI=1S/C19H20N4O2S/c1-11-5-6-13(7-12(11)2)22-16(24)10-26-18-15(9-21)19(3,4)14(8-20)17(25)23-18/h5-7,14H,10H2,1-4H3,(H,22,24)(H,23,25)/t14-/m1/s1. The molecule has 2 N–H and O–H groups in total. The summed E-state index contributed by atoms with van der Waals surface area (Å²) in [4.78, 5) is 24.3. The highest BCUT2D eigenvalue weighted by molar-refractivity contribution is 8.03. The van der Waals surface area contributed by atoms with Crippen molar-refractivity contribution < 1.29 is 9.59 Å². The van der Waals surface area contributed by atoms with E-state index in [1.165, 1.54) is 0 Å². The van der Waals surface area contributed by atoms with Crippen LogP contribution in [0.1, 0.15) is 25.0 Å². The second-order valence-corrected chi connectivity index (χ2v) is 7.71. The number of benzene rings is 1. The number of nitrogens with one attached hydrogen (secondary N) is 2.